The number of rotatable bonds is 3. The second-order valence-electron chi connectivity index (χ2n) is 3.85. The second kappa shape index (κ2) is 4.92. The lowest BCUT2D eigenvalue weighted by atomic mass is 10.1. The Balaban J connectivity index is 2.29. The molecule has 2 heterocycles. The van der Waals surface area contributed by atoms with Gasteiger partial charge in [-0.3, -0.25) is 4.79 Å². The van der Waals surface area contributed by atoms with Crippen LogP contribution in [0, 0.1) is 0 Å². The Morgan fingerprint density at radius 1 is 1.50 bits per heavy atom. The zero-order valence-electron chi connectivity index (χ0n) is 9.52. The third-order valence-electron chi connectivity index (χ3n) is 2.75. The van der Waals surface area contributed by atoms with Crippen LogP contribution in [0.3, 0.4) is 0 Å². The van der Waals surface area contributed by atoms with Crippen LogP contribution in [0.1, 0.15) is 26.2 Å². The van der Waals surface area contributed by atoms with Crippen LogP contribution < -0.4 is 4.90 Å². The highest BCUT2D eigenvalue weighted by Gasteiger charge is 2.20. The SMILES string of the molecule is CCC(=O)C1=CCCCN1c1ccccn1. The van der Waals surface area contributed by atoms with Gasteiger partial charge in [-0.05, 0) is 25.0 Å². The number of carbonyl (C=O) groups excluding carboxylic acids is 1. The number of hydrogen-bond acceptors (Lipinski definition) is 3. The maximum absolute atomic E-state index is 11.8. The number of pyridine rings is 1. The first-order chi connectivity index (χ1) is 7.83. The topological polar surface area (TPSA) is 33.2 Å². The van der Waals surface area contributed by atoms with Crippen LogP contribution in [-0.4, -0.2) is 17.3 Å². The molecule has 1 aliphatic heterocycles. The second-order valence-corrected chi connectivity index (χ2v) is 3.85. The number of anilines is 1. The van der Waals surface area contributed by atoms with E-state index in [1.165, 1.54) is 0 Å². The van der Waals surface area contributed by atoms with Gasteiger partial charge in [0.25, 0.3) is 0 Å². The van der Waals surface area contributed by atoms with E-state index in [0.29, 0.717) is 6.42 Å². The van der Waals surface area contributed by atoms with Crippen LogP contribution >= 0.6 is 0 Å². The molecule has 0 atom stereocenters. The lowest BCUT2D eigenvalue weighted by molar-refractivity contribution is -0.115. The molecule has 0 N–H and O–H groups in total. The van der Waals surface area contributed by atoms with Gasteiger partial charge >= 0.3 is 0 Å². The number of ketones is 1. The number of allylic oxidation sites excluding steroid dienone is 2. The van der Waals surface area contributed by atoms with Gasteiger partial charge in [-0.25, -0.2) is 4.98 Å². The van der Waals surface area contributed by atoms with Gasteiger partial charge in [0.1, 0.15) is 5.82 Å². The van der Waals surface area contributed by atoms with E-state index in [-0.39, 0.29) is 5.78 Å². The van der Waals surface area contributed by atoms with E-state index in [4.69, 9.17) is 0 Å². The summed E-state index contributed by atoms with van der Waals surface area (Å²) >= 11 is 0. The van der Waals surface area contributed by atoms with Crippen molar-refractivity contribution in [2.75, 3.05) is 11.4 Å². The molecule has 3 nitrogen and oxygen atoms in total. The Morgan fingerprint density at radius 2 is 2.38 bits per heavy atom. The molecule has 0 amide bonds. The first kappa shape index (κ1) is 10.9. The lowest BCUT2D eigenvalue weighted by Crippen LogP contribution is -2.31. The van der Waals surface area contributed by atoms with Gasteiger partial charge in [-0.1, -0.05) is 19.1 Å². The van der Waals surface area contributed by atoms with Gasteiger partial charge in [-0.15, -0.1) is 0 Å². The summed E-state index contributed by atoms with van der Waals surface area (Å²) < 4.78 is 0. The summed E-state index contributed by atoms with van der Waals surface area (Å²) in [5.74, 6) is 1.07. The molecule has 0 radical (unpaired) electrons. The van der Waals surface area contributed by atoms with Gasteiger partial charge in [0.15, 0.2) is 5.78 Å². The van der Waals surface area contributed by atoms with Gasteiger partial charge < -0.3 is 4.90 Å². The van der Waals surface area contributed by atoms with Crippen molar-refractivity contribution in [1.82, 2.24) is 4.98 Å². The highest BCUT2D eigenvalue weighted by atomic mass is 16.1. The van der Waals surface area contributed by atoms with Crippen molar-refractivity contribution < 1.29 is 4.79 Å². The number of nitrogens with zero attached hydrogens (tertiary/aromatic N) is 2. The van der Waals surface area contributed by atoms with Crippen LogP contribution in [0.25, 0.3) is 0 Å². The van der Waals surface area contributed by atoms with Gasteiger partial charge in [0, 0.05) is 19.2 Å². The molecule has 0 spiro atoms. The number of carbonyl (C=O) groups is 1. The summed E-state index contributed by atoms with van der Waals surface area (Å²) in [6, 6.07) is 5.78. The molecule has 0 fully saturated rings. The van der Waals surface area contributed by atoms with Crippen LogP contribution in [0.15, 0.2) is 36.2 Å². The van der Waals surface area contributed by atoms with Crippen LogP contribution in [0.2, 0.25) is 0 Å². The summed E-state index contributed by atoms with van der Waals surface area (Å²) in [6.07, 6.45) is 6.42. The quantitative estimate of drug-likeness (QED) is 0.778. The van der Waals surface area contributed by atoms with Crippen LogP contribution in [0.5, 0.6) is 0 Å². The minimum atomic E-state index is 0.199. The Labute approximate surface area is 95.8 Å². The van der Waals surface area contributed by atoms with Crippen molar-refractivity contribution in [3.63, 3.8) is 0 Å². The monoisotopic (exact) mass is 216 g/mol. The third-order valence-corrected chi connectivity index (χ3v) is 2.75. The van der Waals surface area contributed by atoms with E-state index in [1.54, 1.807) is 6.20 Å². The summed E-state index contributed by atoms with van der Waals surface area (Å²) in [6.45, 7) is 2.78. The molecular weight excluding hydrogens is 200 g/mol. The molecule has 1 aliphatic rings. The molecule has 0 aliphatic carbocycles. The van der Waals surface area contributed by atoms with E-state index in [0.717, 1.165) is 30.9 Å². The van der Waals surface area contributed by atoms with E-state index in [1.807, 2.05) is 36.1 Å². The highest BCUT2D eigenvalue weighted by molar-refractivity contribution is 5.98. The Bertz CT molecular complexity index is 398. The Morgan fingerprint density at radius 3 is 3.06 bits per heavy atom. The van der Waals surface area contributed by atoms with E-state index >= 15 is 0 Å². The fourth-order valence-electron chi connectivity index (χ4n) is 1.92. The van der Waals surface area contributed by atoms with Crippen molar-refractivity contribution in [2.24, 2.45) is 0 Å². The number of hydrogen-bond donors (Lipinski definition) is 0. The average Bonchev–Trinajstić information content (AvgIpc) is 2.39. The molecule has 0 unspecified atom stereocenters. The maximum atomic E-state index is 11.8. The molecule has 0 saturated heterocycles. The molecule has 0 bridgehead atoms. The molecule has 84 valence electrons. The first-order valence-electron chi connectivity index (χ1n) is 5.75. The van der Waals surface area contributed by atoms with Crippen LogP contribution in [0.4, 0.5) is 5.82 Å². The molecule has 1 aromatic rings. The largest absolute Gasteiger partial charge is 0.324 e. The molecule has 3 heteroatoms. The fourth-order valence-corrected chi connectivity index (χ4v) is 1.92. The van der Waals surface area contributed by atoms with Crippen molar-refractivity contribution >= 4 is 11.6 Å². The van der Waals surface area contributed by atoms with E-state index in [9.17, 15) is 4.79 Å². The predicted octanol–water partition coefficient (Wildman–Crippen LogP) is 2.54. The standard InChI is InChI=1S/C13H16N2O/c1-2-12(16)11-7-4-6-10-15(11)13-8-3-5-9-14-13/h3,5,7-9H,2,4,6,10H2,1H3. The molecule has 0 aromatic carbocycles. The third kappa shape index (κ3) is 2.13. The highest BCUT2D eigenvalue weighted by Crippen LogP contribution is 2.22. The number of Topliss-reactive ketones (excluding diaryl/α,β-unsaturated/α-hetero) is 1. The Hall–Kier alpha value is -1.64. The van der Waals surface area contributed by atoms with Crippen molar-refractivity contribution in [3.8, 4) is 0 Å². The lowest BCUT2D eigenvalue weighted by Gasteiger charge is -2.28. The molecule has 0 saturated carbocycles. The minimum Gasteiger partial charge on any atom is -0.324 e. The summed E-state index contributed by atoms with van der Waals surface area (Å²) in [7, 11) is 0. The summed E-state index contributed by atoms with van der Waals surface area (Å²) in [5.41, 5.74) is 0.812. The van der Waals surface area contributed by atoms with Gasteiger partial charge in [-0.2, -0.15) is 0 Å². The van der Waals surface area contributed by atoms with Crippen LogP contribution in [-0.2, 0) is 4.79 Å². The van der Waals surface area contributed by atoms with Crippen molar-refractivity contribution in [1.29, 1.82) is 0 Å². The minimum absolute atomic E-state index is 0.199. The molecule has 2 rings (SSSR count). The summed E-state index contributed by atoms with van der Waals surface area (Å²) in [5, 5.41) is 0. The average molecular weight is 216 g/mol. The normalized spacial score (nSPS) is 15.8. The van der Waals surface area contributed by atoms with E-state index in [2.05, 4.69) is 4.98 Å². The van der Waals surface area contributed by atoms with Gasteiger partial charge in [0.05, 0.1) is 5.70 Å². The first-order valence-corrected chi connectivity index (χ1v) is 5.75. The maximum Gasteiger partial charge on any atom is 0.178 e. The Kier molecular flexibility index (Phi) is 3.34. The molecule has 16 heavy (non-hydrogen) atoms. The smallest absolute Gasteiger partial charge is 0.178 e. The zero-order chi connectivity index (χ0) is 11.4. The molecule has 1 aromatic heterocycles. The molecular formula is C13H16N2O. The number of aromatic nitrogens is 1. The van der Waals surface area contributed by atoms with Crippen molar-refractivity contribution in [3.05, 3.63) is 36.2 Å². The fraction of sp³-hybridized carbons (Fsp3) is 0.385. The zero-order valence-corrected chi connectivity index (χ0v) is 9.52. The van der Waals surface area contributed by atoms with E-state index < -0.39 is 0 Å². The van der Waals surface area contributed by atoms with Gasteiger partial charge in [0.2, 0.25) is 0 Å². The predicted molar refractivity (Wildman–Crippen MR) is 64.2 cm³/mol. The summed E-state index contributed by atoms with van der Waals surface area (Å²) in [4.78, 5) is 18.1. The van der Waals surface area contributed by atoms with Crippen molar-refractivity contribution in [2.45, 2.75) is 26.2 Å².